The molecule has 0 radical (unpaired) electrons. The maximum absolute atomic E-state index is 10.3. The molecular formula is C20H38O2. The van der Waals surface area contributed by atoms with Crippen LogP contribution in [0.15, 0.2) is 12.2 Å². The van der Waals surface area contributed by atoms with E-state index in [4.69, 9.17) is 5.11 Å². The van der Waals surface area contributed by atoms with Crippen LogP contribution in [0.4, 0.5) is 0 Å². The van der Waals surface area contributed by atoms with Gasteiger partial charge in [-0.05, 0) is 31.1 Å². The maximum Gasteiger partial charge on any atom is 0.307 e. The molecule has 0 aliphatic carbocycles. The molecule has 0 aliphatic heterocycles. The van der Waals surface area contributed by atoms with Crippen LogP contribution in [0.1, 0.15) is 104 Å². The standard InChI is InChI=1S/C20H38O2/c1-4-5-6-11-14-17-20(2,3)18-15-12-9-7-8-10-13-16-19(21)22/h10,13H,4-9,11-12,14-18H2,1-3H3,(H,21,22)/b13-10+. The Balaban J connectivity index is 3.44. The van der Waals surface area contributed by atoms with E-state index >= 15 is 0 Å². The largest absolute Gasteiger partial charge is 0.481 e. The van der Waals surface area contributed by atoms with E-state index in [1.54, 1.807) is 6.08 Å². The van der Waals surface area contributed by atoms with Crippen LogP contribution in [0.5, 0.6) is 0 Å². The molecule has 0 rings (SSSR count). The first-order valence-corrected chi connectivity index (χ1v) is 9.35. The molecule has 0 aromatic rings. The summed E-state index contributed by atoms with van der Waals surface area (Å²) >= 11 is 0. The molecule has 0 aromatic carbocycles. The van der Waals surface area contributed by atoms with Gasteiger partial charge in [0.25, 0.3) is 0 Å². The summed E-state index contributed by atoms with van der Waals surface area (Å²) in [5, 5.41) is 8.52. The molecule has 0 atom stereocenters. The molecule has 22 heavy (non-hydrogen) atoms. The predicted molar refractivity (Wildman–Crippen MR) is 96.3 cm³/mol. The molecule has 0 saturated carbocycles. The second-order valence-corrected chi connectivity index (χ2v) is 7.35. The van der Waals surface area contributed by atoms with Crippen molar-refractivity contribution in [3.8, 4) is 0 Å². The van der Waals surface area contributed by atoms with E-state index in [1.165, 1.54) is 70.6 Å². The Morgan fingerprint density at radius 3 is 1.95 bits per heavy atom. The number of carbonyl (C=O) groups is 1. The van der Waals surface area contributed by atoms with Crippen molar-refractivity contribution in [3.63, 3.8) is 0 Å². The Morgan fingerprint density at radius 1 is 0.864 bits per heavy atom. The fourth-order valence-corrected chi connectivity index (χ4v) is 2.85. The van der Waals surface area contributed by atoms with Gasteiger partial charge in [0.2, 0.25) is 0 Å². The summed E-state index contributed by atoms with van der Waals surface area (Å²) in [5.74, 6) is -0.742. The third kappa shape index (κ3) is 15.6. The molecule has 130 valence electrons. The fourth-order valence-electron chi connectivity index (χ4n) is 2.85. The van der Waals surface area contributed by atoms with Gasteiger partial charge in [-0.15, -0.1) is 0 Å². The lowest BCUT2D eigenvalue weighted by Crippen LogP contribution is -2.11. The zero-order valence-corrected chi connectivity index (χ0v) is 15.2. The topological polar surface area (TPSA) is 37.3 Å². The first-order chi connectivity index (χ1) is 10.5. The molecule has 0 bridgehead atoms. The molecule has 0 saturated heterocycles. The van der Waals surface area contributed by atoms with Crippen molar-refractivity contribution in [2.24, 2.45) is 5.41 Å². The second-order valence-electron chi connectivity index (χ2n) is 7.35. The van der Waals surface area contributed by atoms with E-state index in [9.17, 15) is 4.79 Å². The van der Waals surface area contributed by atoms with Gasteiger partial charge in [-0.2, -0.15) is 0 Å². The molecule has 0 amide bonds. The van der Waals surface area contributed by atoms with Crippen molar-refractivity contribution in [3.05, 3.63) is 12.2 Å². The summed E-state index contributed by atoms with van der Waals surface area (Å²) < 4.78 is 0. The van der Waals surface area contributed by atoms with Crippen molar-refractivity contribution in [1.82, 2.24) is 0 Å². The highest BCUT2D eigenvalue weighted by Gasteiger charge is 2.16. The van der Waals surface area contributed by atoms with Gasteiger partial charge >= 0.3 is 5.97 Å². The molecule has 0 unspecified atom stereocenters. The lowest BCUT2D eigenvalue weighted by molar-refractivity contribution is -0.136. The lowest BCUT2D eigenvalue weighted by Gasteiger charge is -2.24. The molecule has 0 aliphatic rings. The number of unbranched alkanes of at least 4 members (excludes halogenated alkanes) is 8. The third-order valence-corrected chi connectivity index (χ3v) is 4.39. The Kier molecular flexibility index (Phi) is 13.3. The number of hydrogen-bond donors (Lipinski definition) is 1. The summed E-state index contributed by atoms with van der Waals surface area (Å²) in [6, 6.07) is 0. The minimum atomic E-state index is -0.742. The fraction of sp³-hybridized carbons (Fsp3) is 0.850. The maximum atomic E-state index is 10.3. The molecule has 2 nitrogen and oxygen atoms in total. The Hall–Kier alpha value is -0.790. The molecule has 0 fully saturated rings. The van der Waals surface area contributed by atoms with Gasteiger partial charge in [-0.25, -0.2) is 0 Å². The van der Waals surface area contributed by atoms with Crippen LogP contribution in [0, 0.1) is 5.41 Å². The highest BCUT2D eigenvalue weighted by atomic mass is 16.4. The zero-order chi connectivity index (χ0) is 16.7. The van der Waals surface area contributed by atoms with Gasteiger partial charge in [-0.1, -0.05) is 84.3 Å². The van der Waals surface area contributed by atoms with Gasteiger partial charge in [0, 0.05) is 0 Å². The molecular weight excluding hydrogens is 272 g/mol. The number of rotatable bonds is 15. The van der Waals surface area contributed by atoms with E-state index in [0.717, 1.165) is 6.42 Å². The van der Waals surface area contributed by atoms with E-state index in [1.807, 2.05) is 6.08 Å². The first kappa shape index (κ1) is 21.2. The van der Waals surface area contributed by atoms with Crippen molar-refractivity contribution in [2.75, 3.05) is 0 Å². The van der Waals surface area contributed by atoms with E-state index in [-0.39, 0.29) is 6.42 Å². The van der Waals surface area contributed by atoms with Gasteiger partial charge in [-0.3, -0.25) is 4.79 Å². The first-order valence-electron chi connectivity index (χ1n) is 9.35. The van der Waals surface area contributed by atoms with Crippen LogP contribution in [0.3, 0.4) is 0 Å². The van der Waals surface area contributed by atoms with Crippen molar-refractivity contribution >= 4 is 5.97 Å². The number of aliphatic carboxylic acids is 1. The molecule has 0 aromatic heterocycles. The van der Waals surface area contributed by atoms with Crippen molar-refractivity contribution in [2.45, 2.75) is 104 Å². The molecule has 1 N–H and O–H groups in total. The Morgan fingerprint density at radius 2 is 1.41 bits per heavy atom. The van der Waals surface area contributed by atoms with Crippen molar-refractivity contribution in [1.29, 1.82) is 0 Å². The molecule has 0 heterocycles. The normalized spacial score (nSPS) is 12.1. The Bertz CT molecular complexity index is 292. The minimum Gasteiger partial charge on any atom is -0.481 e. The van der Waals surface area contributed by atoms with Gasteiger partial charge in [0.1, 0.15) is 0 Å². The monoisotopic (exact) mass is 310 g/mol. The van der Waals surface area contributed by atoms with Gasteiger partial charge in [0.15, 0.2) is 0 Å². The zero-order valence-electron chi connectivity index (χ0n) is 15.2. The quantitative estimate of drug-likeness (QED) is 0.268. The Labute approximate surface area is 138 Å². The van der Waals surface area contributed by atoms with E-state index < -0.39 is 5.97 Å². The van der Waals surface area contributed by atoms with Crippen molar-refractivity contribution < 1.29 is 9.90 Å². The van der Waals surface area contributed by atoms with Crippen LogP contribution in [-0.4, -0.2) is 11.1 Å². The smallest absolute Gasteiger partial charge is 0.307 e. The number of allylic oxidation sites excluding steroid dienone is 1. The summed E-state index contributed by atoms with van der Waals surface area (Å²) in [7, 11) is 0. The summed E-state index contributed by atoms with van der Waals surface area (Å²) in [5.41, 5.74) is 0.508. The van der Waals surface area contributed by atoms with Crippen LogP contribution in [-0.2, 0) is 4.79 Å². The minimum absolute atomic E-state index is 0.159. The average molecular weight is 311 g/mol. The van der Waals surface area contributed by atoms with Gasteiger partial charge in [0.05, 0.1) is 6.42 Å². The third-order valence-electron chi connectivity index (χ3n) is 4.39. The second kappa shape index (κ2) is 13.8. The van der Waals surface area contributed by atoms with Crippen LogP contribution in [0.2, 0.25) is 0 Å². The highest BCUT2D eigenvalue weighted by Crippen LogP contribution is 2.30. The number of hydrogen-bond acceptors (Lipinski definition) is 1. The molecule has 0 spiro atoms. The van der Waals surface area contributed by atoms with Crippen LogP contribution >= 0.6 is 0 Å². The summed E-state index contributed by atoms with van der Waals surface area (Å²) in [4.78, 5) is 10.3. The van der Waals surface area contributed by atoms with Gasteiger partial charge < -0.3 is 5.11 Å². The number of carboxylic acid groups (broad SMARTS) is 1. The summed E-state index contributed by atoms with van der Waals surface area (Å²) in [6.07, 6.45) is 19.7. The SMILES string of the molecule is CCCCCCCC(C)(C)CCCCCC/C=C/CC(=O)O. The van der Waals surface area contributed by atoms with Crippen LogP contribution < -0.4 is 0 Å². The predicted octanol–water partition coefficient (Wildman–Crippen LogP) is 6.74. The lowest BCUT2D eigenvalue weighted by atomic mass is 9.82. The highest BCUT2D eigenvalue weighted by molar-refractivity contribution is 5.68. The van der Waals surface area contributed by atoms with Crippen LogP contribution in [0.25, 0.3) is 0 Å². The summed E-state index contributed by atoms with van der Waals surface area (Å²) in [6.45, 7) is 7.11. The average Bonchev–Trinajstić information content (AvgIpc) is 2.45. The van der Waals surface area contributed by atoms with E-state index in [2.05, 4.69) is 20.8 Å². The van der Waals surface area contributed by atoms with E-state index in [0.29, 0.717) is 5.41 Å². The number of carboxylic acids is 1. The molecule has 2 heteroatoms.